The summed E-state index contributed by atoms with van der Waals surface area (Å²) in [4.78, 5) is 25.9. The lowest BCUT2D eigenvalue weighted by molar-refractivity contribution is -0.116. The predicted octanol–water partition coefficient (Wildman–Crippen LogP) is 4.63. The predicted molar refractivity (Wildman–Crippen MR) is 133 cm³/mol. The van der Waals surface area contributed by atoms with Crippen LogP contribution in [0.5, 0.6) is 0 Å². The van der Waals surface area contributed by atoms with Crippen molar-refractivity contribution in [3.8, 4) is 0 Å². The lowest BCUT2D eigenvalue weighted by atomic mass is 10.1. The summed E-state index contributed by atoms with van der Waals surface area (Å²) in [5.74, 6) is 0.913. The van der Waals surface area contributed by atoms with E-state index < -0.39 is 0 Å². The van der Waals surface area contributed by atoms with Gasteiger partial charge < -0.3 is 5.32 Å². The van der Waals surface area contributed by atoms with Gasteiger partial charge in [0.25, 0.3) is 5.56 Å². The molecule has 2 aromatic heterocycles. The van der Waals surface area contributed by atoms with Crippen LogP contribution in [0.15, 0.2) is 77.6 Å². The van der Waals surface area contributed by atoms with Crippen molar-refractivity contribution in [2.75, 3.05) is 5.32 Å². The molecular weight excluding hydrogens is 450 g/mol. The van der Waals surface area contributed by atoms with Gasteiger partial charge in [-0.05, 0) is 42.8 Å². The minimum absolute atomic E-state index is 0.124. The topological polar surface area (TPSA) is 81.3 Å². The minimum Gasteiger partial charge on any atom is -0.326 e. The van der Waals surface area contributed by atoms with Crippen molar-refractivity contribution in [1.29, 1.82) is 0 Å². The van der Waals surface area contributed by atoms with Crippen LogP contribution in [0.3, 0.4) is 0 Å². The molecule has 3 aromatic carbocycles. The van der Waals surface area contributed by atoms with Crippen molar-refractivity contribution in [2.24, 2.45) is 0 Å². The fourth-order valence-corrected chi connectivity index (χ4v) is 4.20. The van der Waals surface area contributed by atoms with Gasteiger partial charge in [0.1, 0.15) is 5.82 Å². The highest BCUT2D eigenvalue weighted by Crippen LogP contribution is 2.18. The van der Waals surface area contributed by atoms with Gasteiger partial charge >= 0.3 is 0 Å². The summed E-state index contributed by atoms with van der Waals surface area (Å²) in [6.07, 6.45) is 0.568. The highest BCUT2D eigenvalue weighted by atomic mass is 35.5. The highest BCUT2D eigenvalue weighted by molar-refractivity contribution is 6.30. The number of halogens is 1. The van der Waals surface area contributed by atoms with Gasteiger partial charge in [-0.15, -0.1) is 10.2 Å². The first-order valence-corrected chi connectivity index (χ1v) is 11.3. The zero-order chi connectivity index (χ0) is 23.7. The standard InChI is InChI=1S/C26H22ClN5O2/c1-17-9-11-18(12-10-17)16-31-25(34)21-7-2-3-8-22(21)32-23(29-30-26(31)32)13-14-24(33)28-20-6-4-5-19(27)15-20/h2-12,15H,13-14,16H2,1H3,(H,28,33). The molecule has 1 N–H and O–H groups in total. The molecule has 2 heterocycles. The van der Waals surface area contributed by atoms with Crippen molar-refractivity contribution in [2.45, 2.75) is 26.3 Å². The molecule has 0 aliphatic rings. The molecule has 0 radical (unpaired) electrons. The zero-order valence-electron chi connectivity index (χ0n) is 18.5. The third-order valence-electron chi connectivity index (χ3n) is 5.72. The summed E-state index contributed by atoms with van der Waals surface area (Å²) in [7, 11) is 0. The summed E-state index contributed by atoms with van der Waals surface area (Å²) in [5.41, 5.74) is 3.39. The zero-order valence-corrected chi connectivity index (χ0v) is 19.3. The molecule has 0 aliphatic carbocycles. The Balaban J connectivity index is 1.50. The number of aromatic nitrogens is 4. The Morgan fingerprint density at radius 3 is 2.59 bits per heavy atom. The molecule has 170 valence electrons. The van der Waals surface area contributed by atoms with Crippen molar-refractivity contribution >= 4 is 39.9 Å². The second-order valence-corrected chi connectivity index (χ2v) is 8.64. The fourth-order valence-electron chi connectivity index (χ4n) is 4.01. The number of carbonyl (C=O) groups excluding carboxylic acids is 1. The molecule has 0 bridgehead atoms. The first kappa shape index (κ1) is 21.9. The van der Waals surface area contributed by atoms with Gasteiger partial charge in [-0.3, -0.25) is 18.6 Å². The van der Waals surface area contributed by atoms with E-state index in [4.69, 9.17) is 11.6 Å². The maximum absolute atomic E-state index is 13.3. The molecule has 34 heavy (non-hydrogen) atoms. The molecule has 0 fully saturated rings. The Bertz CT molecular complexity index is 1570. The smallest absolute Gasteiger partial charge is 0.263 e. The number of benzene rings is 3. The number of hydrogen-bond acceptors (Lipinski definition) is 4. The highest BCUT2D eigenvalue weighted by Gasteiger charge is 2.17. The van der Waals surface area contributed by atoms with Crippen LogP contribution < -0.4 is 10.9 Å². The Morgan fingerprint density at radius 1 is 1.00 bits per heavy atom. The van der Waals surface area contributed by atoms with Crippen LogP contribution in [0.2, 0.25) is 5.02 Å². The first-order chi connectivity index (χ1) is 16.5. The van der Waals surface area contributed by atoms with E-state index in [1.165, 1.54) is 0 Å². The normalized spacial score (nSPS) is 11.2. The number of carbonyl (C=O) groups is 1. The van der Waals surface area contributed by atoms with Gasteiger partial charge in [0, 0.05) is 23.6 Å². The number of anilines is 1. The maximum atomic E-state index is 13.3. The van der Waals surface area contributed by atoms with E-state index in [9.17, 15) is 9.59 Å². The molecule has 8 heteroatoms. The monoisotopic (exact) mass is 471 g/mol. The second-order valence-electron chi connectivity index (χ2n) is 8.20. The van der Waals surface area contributed by atoms with Crippen LogP contribution >= 0.6 is 11.6 Å². The summed E-state index contributed by atoms with van der Waals surface area (Å²) in [5, 5.41) is 12.7. The van der Waals surface area contributed by atoms with Crippen molar-refractivity contribution < 1.29 is 4.79 Å². The molecule has 0 saturated carbocycles. The summed E-state index contributed by atoms with van der Waals surface area (Å²) >= 11 is 6.00. The minimum atomic E-state index is -0.156. The van der Waals surface area contributed by atoms with E-state index in [-0.39, 0.29) is 17.9 Å². The molecule has 0 atom stereocenters. The summed E-state index contributed by atoms with van der Waals surface area (Å²) in [6, 6.07) is 22.5. The van der Waals surface area contributed by atoms with Gasteiger partial charge in [-0.2, -0.15) is 0 Å². The number of amides is 1. The number of rotatable bonds is 6. The van der Waals surface area contributed by atoms with Crippen molar-refractivity contribution in [1.82, 2.24) is 19.2 Å². The SMILES string of the molecule is Cc1ccc(Cn2c(=O)c3ccccc3n3c(CCC(=O)Nc4cccc(Cl)c4)nnc23)cc1. The number of aryl methyl sites for hydroxylation is 2. The van der Waals surface area contributed by atoms with Gasteiger partial charge in [-0.25, -0.2) is 0 Å². The molecular formula is C26H22ClN5O2. The van der Waals surface area contributed by atoms with Crippen molar-refractivity contribution in [3.05, 3.63) is 105 Å². The third kappa shape index (κ3) is 4.30. The Labute approximate surface area is 200 Å². The molecule has 5 aromatic rings. The summed E-state index contributed by atoms with van der Waals surface area (Å²) in [6.45, 7) is 2.40. The van der Waals surface area contributed by atoms with Gasteiger partial charge in [0.15, 0.2) is 0 Å². The van der Waals surface area contributed by atoms with Crippen LogP contribution in [-0.4, -0.2) is 25.1 Å². The number of fused-ring (bicyclic) bond motifs is 3. The van der Waals surface area contributed by atoms with E-state index in [1.807, 2.05) is 53.8 Å². The molecule has 0 spiro atoms. The largest absolute Gasteiger partial charge is 0.326 e. The van der Waals surface area contributed by atoms with Crippen LogP contribution in [0.1, 0.15) is 23.4 Å². The number of hydrogen-bond donors (Lipinski definition) is 1. The van der Waals surface area contributed by atoms with E-state index >= 15 is 0 Å². The van der Waals surface area contributed by atoms with Crippen LogP contribution in [0, 0.1) is 6.92 Å². The third-order valence-corrected chi connectivity index (χ3v) is 5.96. The van der Waals surface area contributed by atoms with E-state index in [1.54, 1.807) is 34.9 Å². The number of nitrogens with zero attached hydrogens (tertiary/aromatic N) is 4. The molecule has 7 nitrogen and oxygen atoms in total. The fraction of sp³-hybridized carbons (Fsp3) is 0.154. The number of nitrogens with one attached hydrogen (secondary N) is 1. The molecule has 0 aliphatic heterocycles. The van der Waals surface area contributed by atoms with Crippen LogP contribution in [0.4, 0.5) is 5.69 Å². The lowest BCUT2D eigenvalue weighted by Gasteiger charge is -2.12. The van der Waals surface area contributed by atoms with Crippen LogP contribution in [0.25, 0.3) is 16.7 Å². The first-order valence-electron chi connectivity index (χ1n) is 11.0. The molecule has 0 saturated heterocycles. The van der Waals surface area contributed by atoms with E-state index in [2.05, 4.69) is 15.5 Å². The average molecular weight is 472 g/mol. The molecule has 5 rings (SSSR count). The van der Waals surface area contributed by atoms with Gasteiger partial charge in [0.2, 0.25) is 11.7 Å². The molecule has 1 amide bonds. The Kier molecular flexibility index (Phi) is 5.86. The van der Waals surface area contributed by atoms with Crippen LogP contribution in [-0.2, 0) is 17.8 Å². The van der Waals surface area contributed by atoms with E-state index in [0.717, 1.165) is 16.6 Å². The maximum Gasteiger partial charge on any atom is 0.263 e. The van der Waals surface area contributed by atoms with Gasteiger partial charge in [0.05, 0.1) is 17.4 Å². The Hall–Kier alpha value is -3.97. The quantitative estimate of drug-likeness (QED) is 0.391. The number of para-hydroxylation sites is 1. The van der Waals surface area contributed by atoms with E-state index in [0.29, 0.717) is 40.7 Å². The summed E-state index contributed by atoms with van der Waals surface area (Å²) < 4.78 is 3.51. The molecule has 0 unspecified atom stereocenters. The van der Waals surface area contributed by atoms with Gasteiger partial charge in [-0.1, -0.05) is 59.6 Å². The Morgan fingerprint density at radius 2 is 1.79 bits per heavy atom. The lowest BCUT2D eigenvalue weighted by Crippen LogP contribution is -2.24. The second kappa shape index (κ2) is 9.11. The average Bonchev–Trinajstić information content (AvgIpc) is 3.26. The van der Waals surface area contributed by atoms with Crippen molar-refractivity contribution in [3.63, 3.8) is 0 Å².